The van der Waals surface area contributed by atoms with Crippen LogP contribution in [-0.2, 0) is 17.6 Å². The van der Waals surface area contributed by atoms with Gasteiger partial charge in [-0.15, -0.1) is 0 Å². The number of pyridine rings is 2. The fourth-order valence-electron chi connectivity index (χ4n) is 4.81. The number of hydrogen-bond donors (Lipinski definition) is 0. The highest BCUT2D eigenvalue weighted by molar-refractivity contribution is 6.30. The van der Waals surface area contributed by atoms with Gasteiger partial charge in [0.2, 0.25) is 0 Å². The number of nitrogens with zero attached hydrogens (tertiary/aromatic N) is 3. The van der Waals surface area contributed by atoms with Crippen LogP contribution in [0, 0.1) is 0 Å². The van der Waals surface area contributed by atoms with Gasteiger partial charge in [0.15, 0.2) is 0 Å². The predicted molar refractivity (Wildman–Crippen MR) is 130 cm³/mol. The van der Waals surface area contributed by atoms with Gasteiger partial charge in [0.1, 0.15) is 0 Å². The van der Waals surface area contributed by atoms with Crippen molar-refractivity contribution in [1.29, 1.82) is 0 Å². The number of likely N-dealkylation sites (tertiary alicyclic amines) is 1. The smallest absolute Gasteiger partial charge is 0.409 e. The number of aryl methyl sites for hydroxylation is 2. The Balaban J connectivity index is 1.58. The molecule has 0 N–H and O–H groups in total. The number of piperidine rings is 1. The molecule has 1 fully saturated rings. The van der Waals surface area contributed by atoms with Gasteiger partial charge in [-0.3, -0.25) is 9.97 Å². The van der Waals surface area contributed by atoms with Crippen molar-refractivity contribution in [3.8, 4) is 11.1 Å². The first kappa shape index (κ1) is 21.7. The average Bonchev–Trinajstić information content (AvgIpc) is 3.01. The van der Waals surface area contributed by atoms with Crippen LogP contribution < -0.4 is 0 Å². The summed E-state index contributed by atoms with van der Waals surface area (Å²) in [6.07, 6.45) is 8.80. The van der Waals surface area contributed by atoms with Crippen LogP contribution in [0.4, 0.5) is 4.79 Å². The van der Waals surface area contributed by atoms with E-state index in [0.717, 1.165) is 47.5 Å². The summed E-state index contributed by atoms with van der Waals surface area (Å²) < 4.78 is 5.20. The molecule has 2 aromatic heterocycles. The van der Waals surface area contributed by atoms with Crippen molar-refractivity contribution in [2.45, 2.75) is 32.6 Å². The molecule has 2 aliphatic rings. The summed E-state index contributed by atoms with van der Waals surface area (Å²) in [5.74, 6) is 0. The Hall–Kier alpha value is -3.18. The molecule has 0 saturated carbocycles. The lowest BCUT2D eigenvalue weighted by atomic mass is 9.88. The highest BCUT2D eigenvalue weighted by Gasteiger charge is 2.27. The normalized spacial score (nSPS) is 15.5. The first-order valence-electron chi connectivity index (χ1n) is 11.5. The Morgan fingerprint density at radius 1 is 1.03 bits per heavy atom. The van der Waals surface area contributed by atoms with Crippen LogP contribution in [0.25, 0.3) is 16.7 Å². The fourth-order valence-corrected chi connectivity index (χ4v) is 5.00. The van der Waals surface area contributed by atoms with Gasteiger partial charge in [0, 0.05) is 53.4 Å². The topological polar surface area (TPSA) is 55.3 Å². The summed E-state index contributed by atoms with van der Waals surface area (Å²) in [4.78, 5) is 23.3. The number of amides is 1. The number of rotatable bonds is 2. The zero-order chi connectivity index (χ0) is 22.8. The first-order chi connectivity index (χ1) is 16.1. The van der Waals surface area contributed by atoms with E-state index in [1.165, 1.54) is 27.8 Å². The van der Waals surface area contributed by atoms with Crippen molar-refractivity contribution >= 4 is 23.3 Å². The van der Waals surface area contributed by atoms with Crippen molar-refractivity contribution in [3.05, 3.63) is 88.0 Å². The summed E-state index contributed by atoms with van der Waals surface area (Å²) in [5.41, 5.74) is 9.42. The molecule has 0 bridgehead atoms. The Morgan fingerprint density at radius 2 is 1.85 bits per heavy atom. The molecule has 168 valence electrons. The van der Waals surface area contributed by atoms with E-state index < -0.39 is 0 Å². The van der Waals surface area contributed by atoms with E-state index in [0.29, 0.717) is 19.7 Å². The summed E-state index contributed by atoms with van der Waals surface area (Å²) in [6, 6.07) is 12.4. The molecule has 33 heavy (non-hydrogen) atoms. The second-order valence-corrected chi connectivity index (χ2v) is 8.88. The molecular weight excluding hydrogens is 434 g/mol. The largest absolute Gasteiger partial charge is 0.450 e. The molecule has 3 heterocycles. The monoisotopic (exact) mass is 459 g/mol. The highest BCUT2D eigenvalue weighted by Crippen LogP contribution is 2.39. The summed E-state index contributed by atoms with van der Waals surface area (Å²) in [5, 5.41) is 0.755. The molecule has 0 atom stereocenters. The van der Waals surface area contributed by atoms with Gasteiger partial charge in [-0.05, 0) is 73.6 Å². The van der Waals surface area contributed by atoms with Crippen LogP contribution in [0.1, 0.15) is 42.1 Å². The maximum atomic E-state index is 12.2. The Labute approximate surface area is 199 Å². The Morgan fingerprint density at radius 3 is 2.61 bits per heavy atom. The number of fused-ring (bicyclic) bond motifs is 2. The lowest BCUT2D eigenvalue weighted by molar-refractivity contribution is 0.104. The van der Waals surface area contributed by atoms with Crippen molar-refractivity contribution in [3.63, 3.8) is 0 Å². The molecule has 0 spiro atoms. The summed E-state index contributed by atoms with van der Waals surface area (Å²) >= 11 is 6.37. The van der Waals surface area contributed by atoms with Crippen molar-refractivity contribution in [2.75, 3.05) is 19.7 Å². The second kappa shape index (κ2) is 9.36. The first-order valence-corrected chi connectivity index (χ1v) is 11.8. The molecule has 1 aliphatic heterocycles. The van der Waals surface area contributed by atoms with Crippen LogP contribution in [-0.4, -0.2) is 40.7 Å². The zero-order valence-corrected chi connectivity index (χ0v) is 19.4. The average molecular weight is 460 g/mol. The fraction of sp³-hybridized carbons (Fsp3) is 0.296. The quantitative estimate of drug-likeness (QED) is 0.475. The molecule has 1 amide bonds. The number of halogens is 1. The lowest BCUT2D eigenvalue weighted by Crippen LogP contribution is -2.37. The summed E-state index contributed by atoms with van der Waals surface area (Å²) in [7, 11) is 0. The number of carbonyl (C=O) groups is 1. The third kappa shape index (κ3) is 4.38. The lowest BCUT2D eigenvalue weighted by Gasteiger charge is -2.29. The van der Waals surface area contributed by atoms with E-state index >= 15 is 0 Å². The molecule has 5 nitrogen and oxygen atoms in total. The van der Waals surface area contributed by atoms with Gasteiger partial charge in [-0.25, -0.2) is 4.79 Å². The minimum absolute atomic E-state index is 0.228. The van der Waals surface area contributed by atoms with E-state index in [1.807, 2.05) is 31.5 Å². The van der Waals surface area contributed by atoms with Gasteiger partial charge in [0.05, 0.1) is 12.3 Å². The Bertz CT molecular complexity index is 1210. The highest BCUT2D eigenvalue weighted by atomic mass is 35.5. The number of aromatic nitrogens is 2. The van der Waals surface area contributed by atoms with Crippen molar-refractivity contribution in [1.82, 2.24) is 14.9 Å². The van der Waals surface area contributed by atoms with E-state index in [9.17, 15) is 4.79 Å². The van der Waals surface area contributed by atoms with E-state index in [2.05, 4.69) is 29.2 Å². The van der Waals surface area contributed by atoms with E-state index in [-0.39, 0.29) is 6.09 Å². The molecule has 1 aliphatic carbocycles. The minimum Gasteiger partial charge on any atom is -0.450 e. The number of benzene rings is 1. The van der Waals surface area contributed by atoms with Gasteiger partial charge < -0.3 is 9.64 Å². The van der Waals surface area contributed by atoms with Crippen molar-refractivity contribution < 1.29 is 9.53 Å². The van der Waals surface area contributed by atoms with Gasteiger partial charge in [-0.2, -0.15) is 0 Å². The number of ether oxygens (including phenoxy) is 1. The molecule has 0 radical (unpaired) electrons. The van der Waals surface area contributed by atoms with Crippen LogP contribution >= 0.6 is 11.6 Å². The van der Waals surface area contributed by atoms with E-state index in [1.54, 1.807) is 11.1 Å². The molecule has 0 unspecified atom stereocenters. The Kier molecular flexibility index (Phi) is 6.14. The molecule has 3 aromatic rings. The van der Waals surface area contributed by atoms with Gasteiger partial charge in [-0.1, -0.05) is 29.3 Å². The maximum absolute atomic E-state index is 12.2. The van der Waals surface area contributed by atoms with Gasteiger partial charge >= 0.3 is 6.09 Å². The van der Waals surface area contributed by atoms with Gasteiger partial charge in [0.25, 0.3) is 0 Å². The molecule has 6 heteroatoms. The maximum Gasteiger partial charge on any atom is 0.409 e. The minimum atomic E-state index is -0.228. The van der Waals surface area contributed by atoms with Crippen LogP contribution in [0.5, 0.6) is 0 Å². The second-order valence-electron chi connectivity index (χ2n) is 8.44. The zero-order valence-electron chi connectivity index (χ0n) is 18.7. The van der Waals surface area contributed by atoms with Crippen molar-refractivity contribution in [2.24, 2.45) is 0 Å². The van der Waals surface area contributed by atoms with Crippen LogP contribution in [0.2, 0.25) is 5.02 Å². The standard InChI is InChI=1S/C27H26ClN3O2/c1-2-33-27(32)31-12-9-18(10-13-31)25-24-8-7-23(28)15-19(24)5-6-20-14-22(17-30-26(20)25)21-4-3-11-29-16-21/h3-4,7-8,11,14-17H,2,5-6,9-10,12-13H2,1H3. The molecule has 5 rings (SSSR count). The summed E-state index contributed by atoms with van der Waals surface area (Å²) in [6.45, 7) is 3.55. The van der Waals surface area contributed by atoms with Crippen LogP contribution in [0.15, 0.2) is 60.6 Å². The third-order valence-electron chi connectivity index (χ3n) is 6.45. The van der Waals surface area contributed by atoms with Crippen LogP contribution in [0.3, 0.4) is 0 Å². The predicted octanol–water partition coefficient (Wildman–Crippen LogP) is 5.95. The molecule has 1 saturated heterocycles. The molecular formula is C27H26ClN3O2. The number of hydrogen-bond acceptors (Lipinski definition) is 4. The third-order valence-corrected chi connectivity index (χ3v) is 6.68. The SMILES string of the molecule is CCOC(=O)N1CCC(=C2c3ccc(Cl)cc3CCc3cc(-c4cccnc4)cnc32)CC1. The van der Waals surface area contributed by atoms with E-state index in [4.69, 9.17) is 21.3 Å². The molecule has 1 aromatic carbocycles. The number of carbonyl (C=O) groups excluding carboxylic acids is 1.